The Morgan fingerprint density at radius 1 is 1.17 bits per heavy atom. The lowest BCUT2D eigenvalue weighted by atomic mass is 10.1. The summed E-state index contributed by atoms with van der Waals surface area (Å²) in [6.45, 7) is 13.4. The van der Waals surface area contributed by atoms with E-state index in [0.29, 0.717) is 18.0 Å². The van der Waals surface area contributed by atoms with Crippen molar-refractivity contribution in [2.45, 2.75) is 59.0 Å². The summed E-state index contributed by atoms with van der Waals surface area (Å²) in [7, 11) is 0. The molecule has 18 heavy (non-hydrogen) atoms. The first-order chi connectivity index (χ1) is 8.47. The fourth-order valence-corrected chi connectivity index (χ4v) is 3.95. The fraction of sp³-hybridized carbons (Fsp3) is 0.933. The molecule has 1 unspecified atom stereocenters. The van der Waals surface area contributed by atoms with Crippen molar-refractivity contribution in [1.82, 2.24) is 4.90 Å². The Balaban J connectivity index is 2.05. The van der Waals surface area contributed by atoms with Crippen molar-refractivity contribution in [2.24, 2.45) is 5.92 Å². The molecule has 0 aromatic heterocycles. The number of carbonyl (C=O) groups is 1. The first-order valence-corrected chi connectivity index (χ1v) is 7.62. The average Bonchev–Trinajstić information content (AvgIpc) is 2.97. The highest BCUT2D eigenvalue weighted by Gasteiger charge is 2.46. The summed E-state index contributed by atoms with van der Waals surface area (Å²) in [5.74, 6) is 0.494. The van der Waals surface area contributed by atoms with Crippen molar-refractivity contribution in [3.05, 3.63) is 0 Å². The number of likely N-dealkylation sites (tertiary alicyclic amines) is 2. The van der Waals surface area contributed by atoms with E-state index in [1.165, 1.54) is 36.8 Å². The van der Waals surface area contributed by atoms with Gasteiger partial charge in [-0.3, -0.25) is 4.79 Å². The van der Waals surface area contributed by atoms with Crippen LogP contribution < -0.4 is 0 Å². The van der Waals surface area contributed by atoms with Gasteiger partial charge in [-0.25, -0.2) is 0 Å². The van der Waals surface area contributed by atoms with Crippen LogP contribution in [0.15, 0.2) is 0 Å². The van der Waals surface area contributed by atoms with Gasteiger partial charge in [-0.1, -0.05) is 13.8 Å². The Hall–Kier alpha value is -0.570. The van der Waals surface area contributed by atoms with E-state index >= 15 is 0 Å². The second-order valence-corrected chi connectivity index (χ2v) is 6.73. The zero-order chi connectivity index (χ0) is 13.3. The van der Waals surface area contributed by atoms with Crippen LogP contribution in [-0.2, 0) is 4.79 Å². The molecule has 2 heterocycles. The minimum atomic E-state index is 0.148. The van der Waals surface area contributed by atoms with Crippen LogP contribution in [0, 0.1) is 5.92 Å². The molecule has 0 aliphatic carbocycles. The van der Waals surface area contributed by atoms with Gasteiger partial charge in [-0.2, -0.15) is 0 Å². The molecule has 0 bridgehead atoms. The molecule has 2 saturated heterocycles. The molecule has 1 amide bonds. The minimum absolute atomic E-state index is 0.148. The van der Waals surface area contributed by atoms with Crippen LogP contribution in [-0.4, -0.2) is 53.6 Å². The molecule has 3 nitrogen and oxygen atoms in total. The molecule has 0 N–H and O–H groups in total. The first-order valence-electron chi connectivity index (χ1n) is 7.62. The van der Waals surface area contributed by atoms with E-state index in [2.05, 4.69) is 18.7 Å². The molecule has 1 atom stereocenters. The highest BCUT2D eigenvalue weighted by molar-refractivity contribution is 5.78. The van der Waals surface area contributed by atoms with E-state index in [-0.39, 0.29) is 5.92 Å². The molecule has 3 heteroatoms. The number of nitrogens with zero attached hydrogens (tertiary/aromatic N) is 2. The quantitative estimate of drug-likeness (QED) is 0.707. The molecule has 0 aromatic rings. The van der Waals surface area contributed by atoms with Crippen LogP contribution in [0.3, 0.4) is 0 Å². The smallest absolute Gasteiger partial charge is 0.225 e. The second-order valence-electron chi connectivity index (χ2n) is 6.73. The van der Waals surface area contributed by atoms with Crippen molar-refractivity contribution < 1.29 is 9.28 Å². The molecular weight excluding hydrogens is 224 g/mol. The van der Waals surface area contributed by atoms with E-state index in [4.69, 9.17) is 0 Å². The maximum Gasteiger partial charge on any atom is 0.225 e. The van der Waals surface area contributed by atoms with Gasteiger partial charge in [0.1, 0.15) is 6.04 Å². The van der Waals surface area contributed by atoms with Crippen molar-refractivity contribution in [3.8, 4) is 0 Å². The highest BCUT2D eigenvalue weighted by Crippen LogP contribution is 2.32. The van der Waals surface area contributed by atoms with Gasteiger partial charge in [0.2, 0.25) is 5.91 Å². The predicted octanol–water partition coefficient (Wildman–Crippen LogP) is 2.26. The molecule has 0 radical (unpaired) electrons. The molecule has 104 valence electrons. The van der Waals surface area contributed by atoms with Gasteiger partial charge in [0.25, 0.3) is 0 Å². The standard InChI is InChI=1S/C15H29N2O/c1-12(2)15(18)16-8-7-14(11-16)17(13(3)4)9-5-6-10-17/h12-14H,5-11H2,1-4H3/q+1. The normalized spacial score (nSPS) is 27.4. The predicted molar refractivity (Wildman–Crippen MR) is 74.2 cm³/mol. The van der Waals surface area contributed by atoms with Crippen LogP contribution >= 0.6 is 0 Å². The first kappa shape index (κ1) is 13.9. The van der Waals surface area contributed by atoms with E-state index < -0.39 is 0 Å². The lowest BCUT2D eigenvalue weighted by Gasteiger charge is -2.43. The van der Waals surface area contributed by atoms with E-state index in [1.807, 2.05) is 13.8 Å². The van der Waals surface area contributed by atoms with Gasteiger partial charge in [0.05, 0.1) is 25.7 Å². The van der Waals surface area contributed by atoms with Gasteiger partial charge >= 0.3 is 0 Å². The van der Waals surface area contributed by atoms with Crippen LogP contribution in [0.5, 0.6) is 0 Å². The van der Waals surface area contributed by atoms with Crippen LogP contribution in [0.25, 0.3) is 0 Å². The van der Waals surface area contributed by atoms with Crippen molar-refractivity contribution in [3.63, 3.8) is 0 Å². The molecule has 2 aliphatic heterocycles. The summed E-state index contributed by atoms with van der Waals surface area (Å²) in [6.07, 6.45) is 3.94. The fourth-order valence-electron chi connectivity index (χ4n) is 3.95. The van der Waals surface area contributed by atoms with Gasteiger partial charge in [0, 0.05) is 31.7 Å². The zero-order valence-electron chi connectivity index (χ0n) is 12.5. The number of rotatable bonds is 3. The Morgan fingerprint density at radius 3 is 2.28 bits per heavy atom. The molecule has 0 saturated carbocycles. The lowest BCUT2D eigenvalue weighted by molar-refractivity contribution is -0.957. The number of carbonyl (C=O) groups excluding carboxylic acids is 1. The molecule has 0 aromatic carbocycles. The maximum atomic E-state index is 12.1. The minimum Gasteiger partial charge on any atom is -0.336 e. The lowest BCUT2D eigenvalue weighted by Crippen LogP contribution is -2.58. The largest absolute Gasteiger partial charge is 0.336 e. The Morgan fingerprint density at radius 2 is 1.78 bits per heavy atom. The van der Waals surface area contributed by atoms with Crippen molar-refractivity contribution >= 4 is 5.91 Å². The summed E-state index contributed by atoms with van der Waals surface area (Å²) < 4.78 is 1.27. The second kappa shape index (κ2) is 5.20. The number of amides is 1. The van der Waals surface area contributed by atoms with Gasteiger partial charge in [-0.15, -0.1) is 0 Å². The Kier molecular flexibility index (Phi) is 4.00. The zero-order valence-corrected chi connectivity index (χ0v) is 12.5. The number of hydrogen-bond donors (Lipinski definition) is 0. The van der Waals surface area contributed by atoms with Crippen LogP contribution in [0.2, 0.25) is 0 Å². The molecular formula is C15H29N2O+. The summed E-state index contributed by atoms with van der Waals surface area (Å²) >= 11 is 0. The van der Waals surface area contributed by atoms with Crippen LogP contribution in [0.4, 0.5) is 0 Å². The van der Waals surface area contributed by atoms with Crippen LogP contribution in [0.1, 0.15) is 47.0 Å². The summed E-state index contributed by atoms with van der Waals surface area (Å²) in [5, 5.41) is 0. The third-order valence-electron chi connectivity index (χ3n) is 5.12. The summed E-state index contributed by atoms with van der Waals surface area (Å²) in [4.78, 5) is 14.2. The van der Waals surface area contributed by atoms with E-state index in [9.17, 15) is 4.79 Å². The summed E-state index contributed by atoms with van der Waals surface area (Å²) in [5.41, 5.74) is 0. The SMILES string of the molecule is CC(C)C(=O)N1CCC([N+]2(C(C)C)CCCC2)C1. The van der Waals surface area contributed by atoms with Gasteiger partial charge in [-0.05, 0) is 13.8 Å². The molecule has 0 spiro atoms. The average molecular weight is 253 g/mol. The molecule has 2 rings (SSSR count). The Bertz CT molecular complexity index is 306. The number of quaternary nitrogens is 1. The van der Waals surface area contributed by atoms with Crippen molar-refractivity contribution in [2.75, 3.05) is 26.2 Å². The van der Waals surface area contributed by atoms with Gasteiger partial charge < -0.3 is 9.38 Å². The Labute approximate surface area is 112 Å². The highest BCUT2D eigenvalue weighted by atomic mass is 16.2. The monoisotopic (exact) mass is 253 g/mol. The molecule has 2 fully saturated rings. The maximum absolute atomic E-state index is 12.1. The van der Waals surface area contributed by atoms with Crippen molar-refractivity contribution in [1.29, 1.82) is 0 Å². The third-order valence-corrected chi connectivity index (χ3v) is 5.12. The summed E-state index contributed by atoms with van der Waals surface area (Å²) in [6, 6.07) is 1.39. The third kappa shape index (κ3) is 2.29. The van der Waals surface area contributed by atoms with Gasteiger partial charge in [0.15, 0.2) is 0 Å². The van der Waals surface area contributed by atoms with E-state index in [0.717, 1.165) is 13.1 Å². The topological polar surface area (TPSA) is 20.3 Å². The molecule has 2 aliphatic rings. The number of hydrogen-bond acceptors (Lipinski definition) is 1. The van der Waals surface area contributed by atoms with E-state index in [1.54, 1.807) is 0 Å².